The zero-order chi connectivity index (χ0) is 18.9. The minimum Gasteiger partial charge on any atom is -0.490 e. The summed E-state index contributed by atoms with van der Waals surface area (Å²) in [4.78, 5) is 12.8. The second-order valence-corrected chi connectivity index (χ2v) is 6.21. The Balaban J connectivity index is 2.22. The maximum atomic E-state index is 12.8. The van der Waals surface area contributed by atoms with Gasteiger partial charge in [-0.25, -0.2) is 0 Å². The van der Waals surface area contributed by atoms with Gasteiger partial charge in [0.2, 0.25) is 0 Å². The van der Waals surface area contributed by atoms with Crippen molar-refractivity contribution in [2.75, 3.05) is 18.5 Å². The van der Waals surface area contributed by atoms with Crippen LogP contribution in [0.3, 0.4) is 0 Å². The van der Waals surface area contributed by atoms with E-state index in [4.69, 9.17) is 9.47 Å². The van der Waals surface area contributed by atoms with Gasteiger partial charge in [0.1, 0.15) is 0 Å². The van der Waals surface area contributed by atoms with E-state index < -0.39 is 0 Å². The number of carbonyl (C=O) groups excluding carboxylic acids is 1. The van der Waals surface area contributed by atoms with Gasteiger partial charge < -0.3 is 14.8 Å². The number of aryl methyl sites for hydroxylation is 2. The molecule has 0 fully saturated rings. The van der Waals surface area contributed by atoms with Crippen LogP contribution < -0.4 is 14.8 Å². The number of hydrogen-bond acceptors (Lipinski definition) is 3. The van der Waals surface area contributed by atoms with Crippen LogP contribution in [0.15, 0.2) is 36.4 Å². The van der Waals surface area contributed by atoms with Gasteiger partial charge in [0.25, 0.3) is 5.91 Å². The predicted octanol–water partition coefficient (Wildman–Crippen LogP) is 5.39. The molecule has 0 radical (unpaired) electrons. The van der Waals surface area contributed by atoms with Crippen LogP contribution in [0.5, 0.6) is 11.5 Å². The van der Waals surface area contributed by atoms with E-state index in [0.717, 1.165) is 36.1 Å². The second-order valence-electron chi connectivity index (χ2n) is 6.21. The van der Waals surface area contributed by atoms with Crippen LogP contribution in [0.1, 0.15) is 55.1 Å². The molecule has 0 aliphatic heterocycles. The molecule has 1 amide bonds. The van der Waals surface area contributed by atoms with Crippen molar-refractivity contribution in [1.82, 2.24) is 0 Å². The summed E-state index contributed by atoms with van der Waals surface area (Å²) in [5.74, 6) is 1.15. The highest BCUT2D eigenvalue weighted by atomic mass is 16.5. The van der Waals surface area contributed by atoms with Crippen molar-refractivity contribution >= 4 is 11.6 Å². The Morgan fingerprint density at radius 3 is 2.54 bits per heavy atom. The third-order valence-electron chi connectivity index (χ3n) is 4.24. The molecule has 0 saturated heterocycles. The van der Waals surface area contributed by atoms with Crippen LogP contribution in [0.25, 0.3) is 0 Å². The number of hydrogen-bond donors (Lipinski definition) is 1. The summed E-state index contributed by atoms with van der Waals surface area (Å²) in [6.07, 6.45) is 2.92. The van der Waals surface area contributed by atoms with Gasteiger partial charge in [-0.2, -0.15) is 0 Å². The molecule has 0 aliphatic rings. The van der Waals surface area contributed by atoms with E-state index in [1.165, 1.54) is 0 Å². The van der Waals surface area contributed by atoms with Crippen LogP contribution >= 0.6 is 0 Å². The lowest BCUT2D eigenvalue weighted by molar-refractivity contribution is 0.102. The van der Waals surface area contributed by atoms with Crippen LogP contribution in [-0.4, -0.2) is 19.1 Å². The van der Waals surface area contributed by atoms with Crippen molar-refractivity contribution in [3.63, 3.8) is 0 Å². The van der Waals surface area contributed by atoms with Gasteiger partial charge >= 0.3 is 0 Å². The maximum absolute atomic E-state index is 12.8. The lowest BCUT2D eigenvalue weighted by Gasteiger charge is -2.15. The van der Waals surface area contributed by atoms with E-state index in [1.807, 2.05) is 38.1 Å². The third kappa shape index (κ3) is 5.01. The van der Waals surface area contributed by atoms with Crippen LogP contribution in [0, 0.1) is 6.92 Å². The van der Waals surface area contributed by atoms with Gasteiger partial charge in [-0.05, 0) is 56.0 Å². The molecule has 0 aliphatic carbocycles. The molecule has 0 heterocycles. The lowest BCUT2D eigenvalue weighted by atomic mass is 10.1. The number of unbranched alkanes of at least 4 members (excludes halogenated alkanes) is 1. The van der Waals surface area contributed by atoms with E-state index in [1.54, 1.807) is 12.1 Å². The summed E-state index contributed by atoms with van der Waals surface area (Å²) in [5.41, 5.74) is 3.63. The summed E-state index contributed by atoms with van der Waals surface area (Å²) >= 11 is 0. The lowest BCUT2D eigenvalue weighted by Crippen LogP contribution is -2.14. The van der Waals surface area contributed by atoms with Crippen molar-refractivity contribution in [1.29, 1.82) is 0 Å². The average molecular weight is 355 g/mol. The molecule has 4 heteroatoms. The van der Waals surface area contributed by atoms with Gasteiger partial charge in [0.15, 0.2) is 11.5 Å². The monoisotopic (exact) mass is 355 g/mol. The average Bonchev–Trinajstić information content (AvgIpc) is 2.64. The van der Waals surface area contributed by atoms with Gasteiger partial charge in [0.05, 0.1) is 13.2 Å². The fourth-order valence-electron chi connectivity index (χ4n) is 2.75. The summed E-state index contributed by atoms with van der Waals surface area (Å²) in [5, 5.41) is 3.05. The Labute approximate surface area is 156 Å². The Hall–Kier alpha value is -2.49. The molecule has 2 rings (SSSR count). The molecule has 0 atom stereocenters. The highest BCUT2D eigenvalue weighted by Crippen LogP contribution is 2.30. The normalized spacial score (nSPS) is 10.5. The van der Waals surface area contributed by atoms with Crippen molar-refractivity contribution < 1.29 is 14.3 Å². The first-order chi connectivity index (χ1) is 12.6. The van der Waals surface area contributed by atoms with E-state index in [2.05, 4.69) is 19.2 Å². The summed E-state index contributed by atoms with van der Waals surface area (Å²) in [6.45, 7) is 9.29. The fraction of sp³-hybridized carbons (Fsp3) is 0.409. The van der Waals surface area contributed by atoms with Gasteiger partial charge in [-0.15, -0.1) is 0 Å². The smallest absolute Gasteiger partial charge is 0.255 e. The third-order valence-corrected chi connectivity index (χ3v) is 4.24. The maximum Gasteiger partial charge on any atom is 0.255 e. The molecule has 0 bridgehead atoms. The molecule has 4 nitrogen and oxygen atoms in total. The first-order valence-corrected chi connectivity index (χ1v) is 9.40. The molecular weight excluding hydrogens is 326 g/mol. The second kappa shape index (κ2) is 9.85. The zero-order valence-corrected chi connectivity index (χ0v) is 16.2. The van der Waals surface area contributed by atoms with Crippen LogP contribution in [0.4, 0.5) is 5.69 Å². The van der Waals surface area contributed by atoms with Gasteiger partial charge in [-0.1, -0.05) is 38.5 Å². The van der Waals surface area contributed by atoms with Crippen molar-refractivity contribution in [3.05, 3.63) is 53.1 Å². The standard InChI is InChI=1S/C22H29NO3/c1-5-8-14-26-19-13-12-18(15-20(19)25-7-3)22(24)23-21-16(4)10-9-11-17(21)6-2/h9-13,15H,5-8,14H2,1-4H3,(H,23,24). The number of rotatable bonds is 9. The zero-order valence-electron chi connectivity index (χ0n) is 16.2. The molecule has 140 valence electrons. The minimum atomic E-state index is -0.143. The molecule has 0 saturated carbocycles. The van der Waals surface area contributed by atoms with E-state index in [0.29, 0.717) is 30.3 Å². The molecule has 26 heavy (non-hydrogen) atoms. The molecule has 0 unspecified atom stereocenters. The molecule has 2 aromatic carbocycles. The van der Waals surface area contributed by atoms with Crippen LogP contribution in [0.2, 0.25) is 0 Å². The Bertz CT molecular complexity index is 740. The van der Waals surface area contributed by atoms with E-state index in [-0.39, 0.29) is 5.91 Å². The molecule has 1 N–H and O–H groups in total. The highest BCUT2D eigenvalue weighted by molar-refractivity contribution is 6.05. The predicted molar refractivity (Wildman–Crippen MR) is 107 cm³/mol. The Kier molecular flexibility index (Phi) is 7.52. The van der Waals surface area contributed by atoms with E-state index in [9.17, 15) is 4.79 Å². The van der Waals surface area contributed by atoms with Gasteiger partial charge in [0, 0.05) is 11.3 Å². The number of anilines is 1. The summed E-state index contributed by atoms with van der Waals surface area (Å²) in [6, 6.07) is 11.4. The SMILES string of the molecule is CCCCOc1ccc(C(=O)Nc2c(C)cccc2CC)cc1OCC. The number of benzene rings is 2. The van der Waals surface area contributed by atoms with Crippen molar-refractivity contribution in [2.24, 2.45) is 0 Å². The summed E-state index contributed by atoms with van der Waals surface area (Å²) < 4.78 is 11.5. The topological polar surface area (TPSA) is 47.6 Å². The highest BCUT2D eigenvalue weighted by Gasteiger charge is 2.14. The van der Waals surface area contributed by atoms with Crippen LogP contribution in [-0.2, 0) is 6.42 Å². The number of ether oxygens (including phenoxy) is 2. The Morgan fingerprint density at radius 1 is 1.04 bits per heavy atom. The van der Waals surface area contributed by atoms with Gasteiger partial charge in [-0.3, -0.25) is 4.79 Å². The number of para-hydroxylation sites is 1. The van der Waals surface area contributed by atoms with Crippen molar-refractivity contribution in [3.8, 4) is 11.5 Å². The Morgan fingerprint density at radius 2 is 1.85 bits per heavy atom. The first-order valence-electron chi connectivity index (χ1n) is 9.40. The number of carbonyl (C=O) groups is 1. The molecular formula is C22H29NO3. The van der Waals surface area contributed by atoms with E-state index >= 15 is 0 Å². The summed E-state index contributed by atoms with van der Waals surface area (Å²) in [7, 11) is 0. The fourth-order valence-corrected chi connectivity index (χ4v) is 2.75. The quantitative estimate of drug-likeness (QED) is 0.614. The largest absolute Gasteiger partial charge is 0.490 e. The molecule has 2 aromatic rings. The molecule has 0 spiro atoms. The number of amides is 1. The first kappa shape index (κ1) is 19.8. The minimum absolute atomic E-state index is 0.143. The molecule has 0 aromatic heterocycles. The number of nitrogens with one attached hydrogen (secondary N) is 1. The van der Waals surface area contributed by atoms with Crippen molar-refractivity contribution in [2.45, 2.75) is 47.0 Å².